The van der Waals surface area contributed by atoms with Crippen molar-refractivity contribution in [3.63, 3.8) is 0 Å². The third-order valence-electron chi connectivity index (χ3n) is 1.38. The molecule has 0 heterocycles. The summed E-state index contributed by atoms with van der Waals surface area (Å²) in [4.78, 5) is 11.2. The summed E-state index contributed by atoms with van der Waals surface area (Å²) in [5, 5.41) is 0.328. The number of hydrogen-bond acceptors (Lipinski definition) is 1. The number of halogens is 1. The fraction of sp³-hybridized carbons (Fsp3) is 0.222. The van der Waals surface area contributed by atoms with E-state index < -0.39 is 0 Å². The Balaban J connectivity index is 3.16. The molecule has 0 aromatic heterocycles. The lowest BCUT2D eigenvalue weighted by Crippen LogP contribution is -1.94. The Morgan fingerprint density at radius 2 is 2.45 bits per heavy atom. The second-order valence-corrected chi connectivity index (χ2v) is 2.60. The molecular weight excluding hydrogens is 160 g/mol. The standard InChI is InChI=1S/C9H9ClO/c1-2-9(11)7-4-3-5-8(10)6-7/h3-6H,2H2,1H3/i6T. The Morgan fingerprint density at radius 3 is 3.09 bits per heavy atom. The number of carbonyl (C=O) groups is 1. The van der Waals surface area contributed by atoms with Crippen LogP contribution < -0.4 is 0 Å². The van der Waals surface area contributed by atoms with Gasteiger partial charge in [0.05, 0.1) is 1.37 Å². The van der Waals surface area contributed by atoms with Gasteiger partial charge in [-0.25, -0.2) is 0 Å². The average molecular weight is 171 g/mol. The number of carbonyl (C=O) groups excluding carboxylic acids is 1. The van der Waals surface area contributed by atoms with Crippen LogP contribution in [-0.4, -0.2) is 5.78 Å². The van der Waals surface area contributed by atoms with Crippen LogP contribution >= 0.6 is 11.6 Å². The lowest BCUT2D eigenvalue weighted by molar-refractivity contribution is 0.0988. The van der Waals surface area contributed by atoms with Gasteiger partial charge < -0.3 is 0 Å². The van der Waals surface area contributed by atoms with Gasteiger partial charge in [0.1, 0.15) is 0 Å². The van der Waals surface area contributed by atoms with Crippen LogP contribution in [0.2, 0.25) is 5.02 Å². The highest BCUT2D eigenvalue weighted by atomic mass is 35.5. The molecule has 1 aromatic carbocycles. The van der Waals surface area contributed by atoms with Gasteiger partial charge in [-0.3, -0.25) is 4.79 Å². The molecule has 58 valence electrons. The molecule has 0 aliphatic carbocycles. The van der Waals surface area contributed by atoms with Crippen molar-refractivity contribution in [2.75, 3.05) is 0 Å². The number of rotatable bonds is 2. The Morgan fingerprint density at radius 1 is 1.73 bits per heavy atom. The summed E-state index contributed by atoms with van der Waals surface area (Å²) in [6.45, 7) is 1.77. The lowest BCUT2D eigenvalue weighted by atomic mass is 10.1. The third-order valence-corrected chi connectivity index (χ3v) is 1.60. The van der Waals surface area contributed by atoms with Crippen molar-refractivity contribution in [3.05, 3.63) is 34.8 Å². The summed E-state index contributed by atoms with van der Waals surface area (Å²) in [6, 6.07) is 5.05. The van der Waals surface area contributed by atoms with E-state index in [1.165, 1.54) is 0 Å². The summed E-state index contributed by atoms with van der Waals surface area (Å²) >= 11 is 5.68. The van der Waals surface area contributed by atoms with Crippen molar-refractivity contribution >= 4 is 17.4 Å². The van der Waals surface area contributed by atoms with Crippen molar-refractivity contribution in [2.24, 2.45) is 0 Å². The minimum absolute atomic E-state index is 0.0394. The number of Topliss-reactive ketones (excluding diaryl/α,β-unsaturated/α-hetero) is 1. The zero-order valence-corrected chi connectivity index (χ0v) is 6.98. The topological polar surface area (TPSA) is 17.1 Å². The zero-order chi connectivity index (χ0) is 9.14. The summed E-state index contributed by atoms with van der Waals surface area (Å²) in [5.74, 6) is -0.0394. The monoisotopic (exact) mass is 170 g/mol. The van der Waals surface area contributed by atoms with Crippen LogP contribution in [0.5, 0.6) is 0 Å². The normalized spacial score (nSPS) is 10.9. The van der Waals surface area contributed by atoms with E-state index in [2.05, 4.69) is 0 Å². The Hall–Kier alpha value is -0.820. The molecule has 1 rings (SSSR count). The molecule has 0 saturated carbocycles. The maximum Gasteiger partial charge on any atom is 0.162 e. The molecule has 1 aromatic rings. The number of ketones is 1. The van der Waals surface area contributed by atoms with Crippen molar-refractivity contribution in [3.8, 4) is 0 Å². The van der Waals surface area contributed by atoms with E-state index in [0.29, 0.717) is 17.0 Å². The molecule has 2 heteroatoms. The van der Waals surface area contributed by atoms with Gasteiger partial charge in [-0.1, -0.05) is 30.7 Å². The van der Waals surface area contributed by atoms with Crippen molar-refractivity contribution in [1.29, 1.82) is 0 Å². The van der Waals surface area contributed by atoms with E-state index in [1.807, 2.05) is 0 Å². The summed E-state index contributed by atoms with van der Waals surface area (Å²) < 4.78 is 7.48. The first-order valence-electron chi connectivity index (χ1n) is 3.95. The fourth-order valence-electron chi connectivity index (χ4n) is 0.794. The highest BCUT2D eigenvalue weighted by Crippen LogP contribution is 2.11. The van der Waals surface area contributed by atoms with Gasteiger partial charge >= 0.3 is 0 Å². The maximum absolute atomic E-state index is 11.2. The summed E-state index contributed by atoms with van der Waals surface area (Å²) in [7, 11) is 0. The molecule has 0 radical (unpaired) electrons. The Labute approximate surface area is 72.4 Å². The van der Waals surface area contributed by atoms with Gasteiger partial charge in [0.25, 0.3) is 0 Å². The molecule has 0 bridgehead atoms. The van der Waals surface area contributed by atoms with Gasteiger partial charge in [0.2, 0.25) is 0 Å². The summed E-state index contributed by atoms with van der Waals surface area (Å²) in [6.07, 6.45) is 0.409. The quantitative estimate of drug-likeness (QED) is 0.624. The van der Waals surface area contributed by atoms with E-state index in [9.17, 15) is 4.79 Å². The van der Waals surface area contributed by atoms with E-state index in [0.717, 1.165) is 0 Å². The Bertz CT molecular complexity index is 309. The molecule has 0 unspecified atom stereocenters. The van der Waals surface area contributed by atoms with Crippen LogP contribution in [0.3, 0.4) is 0 Å². The van der Waals surface area contributed by atoms with Crippen molar-refractivity contribution < 1.29 is 6.17 Å². The molecule has 0 aliphatic rings. The van der Waals surface area contributed by atoms with Crippen molar-refractivity contribution in [1.82, 2.24) is 0 Å². The van der Waals surface area contributed by atoms with Gasteiger partial charge in [0, 0.05) is 17.0 Å². The first-order valence-corrected chi connectivity index (χ1v) is 3.83. The van der Waals surface area contributed by atoms with Crippen LogP contribution in [-0.2, 0) is 0 Å². The number of benzene rings is 1. The first-order chi connectivity index (χ1) is 5.66. The van der Waals surface area contributed by atoms with Gasteiger partial charge in [-0.2, -0.15) is 0 Å². The zero-order valence-electron chi connectivity index (χ0n) is 7.23. The average Bonchev–Trinajstić information content (AvgIpc) is 2.08. The van der Waals surface area contributed by atoms with Gasteiger partial charge in [0.15, 0.2) is 5.78 Å². The fourth-order valence-corrected chi connectivity index (χ4v) is 0.968. The molecule has 1 nitrogen and oxygen atoms in total. The molecule has 0 atom stereocenters. The molecule has 0 aliphatic heterocycles. The van der Waals surface area contributed by atoms with Crippen LogP contribution in [0, 0.1) is 0 Å². The van der Waals surface area contributed by atoms with E-state index >= 15 is 0 Å². The molecule has 11 heavy (non-hydrogen) atoms. The molecule has 0 amide bonds. The molecular formula is C9H9ClO. The number of hydrogen-bond donors (Lipinski definition) is 0. The highest BCUT2D eigenvalue weighted by Gasteiger charge is 2.01. The molecule has 0 N–H and O–H groups in total. The molecule has 0 saturated heterocycles. The second kappa shape index (κ2) is 3.54. The second-order valence-electron chi connectivity index (χ2n) is 2.19. The SMILES string of the molecule is [3H]c1c(Cl)cccc1C(=O)CC. The van der Waals surface area contributed by atoms with E-state index in [1.54, 1.807) is 25.1 Å². The van der Waals surface area contributed by atoms with Gasteiger partial charge in [-0.05, 0) is 12.1 Å². The first kappa shape index (κ1) is 6.86. The van der Waals surface area contributed by atoms with Gasteiger partial charge in [-0.15, -0.1) is 0 Å². The molecule has 0 fully saturated rings. The predicted molar refractivity (Wildman–Crippen MR) is 46.1 cm³/mol. The third kappa shape index (κ3) is 2.05. The van der Waals surface area contributed by atoms with Crippen molar-refractivity contribution in [2.45, 2.75) is 13.3 Å². The Kier molecular flexibility index (Phi) is 2.21. The molecule has 0 spiro atoms. The van der Waals surface area contributed by atoms with E-state index in [4.69, 9.17) is 13.0 Å². The minimum Gasteiger partial charge on any atom is -0.294 e. The highest BCUT2D eigenvalue weighted by molar-refractivity contribution is 6.30. The smallest absolute Gasteiger partial charge is 0.162 e. The van der Waals surface area contributed by atoms with Crippen LogP contribution in [0.25, 0.3) is 0 Å². The minimum atomic E-state index is -0.0394. The largest absolute Gasteiger partial charge is 0.294 e. The van der Waals surface area contributed by atoms with Crippen LogP contribution in [0.1, 0.15) is 25.1 Å². The maximum atomic E-state index is 11.2. The van der Waals surface area contributed by atoms with Crippen LogP contribution in [0.15, 0.2) is 24.2 Å². The van der Waals surface area contributed by atoms with E-state index in [-0.39, 0.29) is 11.8 Å². The lowest BCUT2D eigenvalue weighted by Gasteiger charge is -1.96. The summed E-state index contributed by atoms with van der Waals surface area (Å²) in [5.41, 5.74) is 0.407. The van der Waals surface area contributed by atoms with Crippen LogP contribution in [0.4, 0.5) is 0 Å². The predicted octanol–water partition coefficient (Wildman–Crippen LogP) is 2.93.